The lowest BCUT2D eigenvalue weighted by molar-refractivity contribution is 0.0477. The number of urea groups is 1. The number of fused-ring (bicyclic) bond motifs is 2. The number of carbonyl (C=O) groups is 2. The van der Waals surface area contributed by atoms with Crippen molar-refractivity contribution in [3.63, 3.8) is 0 Å². The van der Waals surface area contributed by atoms with Crippen LogP contribution in [0.2, 0.25) is 0 Å². The maximum atomic E-state index is 13.2. The van der Waals surface area contributed by atoms with Crippen molar-refractivity contribution in [2.24, 2.45) is 0 Å². The van der Waals surface area contributed by atoms with E-state index in [1.54, 1.807) is 0 Å². The van der Waals surface area contributed by atoms with Crippen molar-refractivity contribution < 1.29 is 14.3 Å². The first-order valence-electron chi connectivity index (χ1n) is 12.9. The summed E-state index contributed by atoms with van der Waals surface area (Å²) in [5, 5.41) is 3.08. The maximum Gasteiger partial charge on any atom is 0.409 e. The Kier molecular flexibility index (Phi) is 6.95. The summed E-state index contributed by atoms with van der Waals surface area (Å²) in [5.41, 5.74) is 3.50. The number of rotatable bonds is 3. The molecule has 7 nitrogen and oxygen atoms in total. The van der Waals surface area contributed by atoms with Crippen molar-refractivity contribution in [1.82, 2.24) is 14.7 Å². The number of hydrogen-bond acceptors (Lipinski definition) is 4. The highest BCUT2D eigenvalue weighted by Crippen LogP contribution is 2.42. The van der Waals surface area contributed by atoms with Crippen LogP contribution in [0.4, 0.5) is 15.3 Å². The predicted molar refractivity (Wildman–Crippen MR) is 136 cm³/mol. The second kappa shape index (κ2) is 10.3. The van der Waals surface area contributed by atoms with Gasteiger partial charge >= 0.3 is 12.1 Å². The number of para-hydroxylation sites is 1. The Balaban J connectivity index is 1.25. The van der Waals surface area contributed by atoms with Gasteiger partial charge in [-0.2, -0.15) is 0 Å². The van der Waals surface area contributed by atoms with Crippen LogP contribution in [0.1, 0.15) is 43.7 Å². The number of anilines is 1. The van der Waals surface area contributed by atoms with Crippen LogP contribution >= 0.6 is 0 Å². The van der Waals surface area contributed by atoms with E-state index in [4.69, 9.17) is 4.74 Å². The number of nitrogens with one attached hydrogen (secondary N) is 1. The van der Waals surface area contributed by atoms with E-state index in [1.807, 2.05) is 47.1 Å². The van der Waals surface area contributed by atoms with Crippen LogP contribution in [0, 0.1) is 0 Å². The van der Waals surface area contributed by atoms with E-state index in [0.717, 1.165) is 64.1 Å². The largest absolute Gasteiger partial charge is 0.450 e. The van der Waals surface area contributed by atoms with Crippen LogP contribution in [0.3, 0.4) is 0 Å². The highest BCUT2D eigenvalue weighted by atomic mass is 16.6. The molecule has 0 aromatic heterocycles. The lowest BCUT2D eigenvalue weighted by Crippen LogP contribution is -2.56. The molecule has 186 valence electrons. The fourth-order valence-electron chi connectivity index (χ4n) is 6.13. The number of ether oxygens (including phenoxy) is 1. The van der Waals surface area contributed by atoms with Gasteiger partial charge in [-0.25, -0.2) is 9.59 Å². The summed E-state index contributed by atoms with van der Waals surface area (Å²) in [4.78, 5) is 31.7. The first-order chi connectivity index (χ1) is 17.1. The Bertz CT molecular complexity index is 1030. The molecule has 3 aliphatic heterocycles. The molecule has 0 radical (unpaired) electrons. The summed E-state index contributed by atoms with van der Waals surface area (Å²) in [6.07, 6.45) is 3.88. The molecule has 0 atom stereocenters. The zero-order valence-electron chi connectivity index (χ0n) is 20.6. The van der Waals surface area contributed by atoms with Gasteiger partial charge in [-0.1, -0.05) is 42.5 Å². The van der Waals surface area contributed by atoms with Crippen molar-refractivity contribution in [3.8, 4) is 0 Å². The average molecular weight is 477 g/mol. The molecule has 2 saturated heterocycles. The van der Waals surface area contributed by atoms with Crippen LogP contribution in [0.25, 0.3) is 0 Å². The fourth-order valence-corrected chi connectivity index (χ4v) is 6.13. The summed E-state index contributed by atoms with van der Waals surface area (Å²) in [5.74, 6) is 0. The van der Waals surface area contributed by atoms with E-state index in [0.29, 0.717) is 19.2 Å². The molecular formula is C28H36N4O3. The molecule has 5 rings (SSSR count). The van der Waals surface area contributed by atoms with Gasteiger partial charge in [0.05, 0.1) is 6.61 Å². The van der Waals surface area contributed by atoms with Crippen LogP contribution in [-0.2, 0) is 16.7 Å². The van der Waals surface area contributed by atoms with E-state index in [-0.39, 0.29) is 17.5 Å². The number of likely N-dealkylation sites (tertiary alicyclic amines) is 2. The number of amides is 3. The summed E-state index contributed by atoms with van der Waals surface area (Å²) >= 11 is 0. The molecule has 7 heteroatoms. The van der Waals surface area contributed by atoms with Crippen molar-refractivity contribution >= 4 is 17.8 Å². The molecule has 1 N–H and O–H groups in total. The molecule has 2 fully saturated rings. The highest BCUT2D eigenvalue weighted by molar-refractivity contribution is 5.89. The summed E-state index contributed by atoms with van der Waals surface area (Å²) in [6.45, 7) is 7.24. The molecule has 0 bridgehead atoms. The van der Waals surface area contributed by atoms with Crippen LogP contribution < -0.4 is 5.32 Å². The quantitative estimate of drug-likeness (QED) is 0.698. The minimum absolute atomic E-state index is 0.00892. The van der Waals surface area contributed by atoms with E-state index in [1.165, 1.54) is 11.1 Å². The summed E-state index contributed by atoms with van der Waals surface area (Å²) < 4.78 is 5.17. The molecular weight excluding hydrogens is 440 g/mol. The minimum atomic E-state index is -0.184. The zero-order valence-corrected chi connectivity index (χ0v) is 20.6. The van der Waals surface area contributed by atoms with Crippen LogP contribution in [-0.4, -0.2) is 72.2 Å². The second-order valence-electron chi connectivity index (χ2n) is 10.0. The monoisotopic (exact) mass is 476 g/mol. The maximum absolute atomic E-state index is 13.2. The Hall–Kier alpha value is -3.06. The fraction of sp³-hybridized carbons (Fsp3) is 0.500. The van der Waals surface area contributed by atoms with Gasteiger partial charge in [-0.3, -0.25) is 0 Å². The Morgan fingerprint density at radius 3 is 2.34 bits per heavy atom. The van der Waals surface area contributed by atoms with Crippen molar-refractivity contribution in [1.29, 1.82) is 0 Å². The molecule has 3 heterocycles. The van der Waals surface area contributed by atoms with Crippen molar-refractivity contribution in [3.05, 3.63) is 65.7 Å². The van der Waals surface area contributed by atoms with Gasteiger partial charge in [0.25, 0.3) is 0 Å². The SMILES string of the molecule is CCOC(=O)N1CCC(N2CCC3(CC2)CN(C(=O)Nc2ccccc2)Cc2ccccc23)CC1. The van der Waals surface area contributed by atoms with Gasteiger partial charge < -0.3 is 24.8 Å². The lowest BCUT2D eigenvalue weighted by atomic mass is 9.68. The molecule has 1 spiro atoms. The molecule has 0 aliphatic carbocycles. The molecule has 3 aliphatic rings. The van der Waals surface area contributed by atoms with Crippen molar-refractivity contribution in [2.75, 3.05) is 44.6 Å². The van der Waals surface area contributed by atoms with Crippen LogP contribution in [0.15, 0.2) is 54.6 Å². The topological polar surface area (TPSA) is 65.1 Å². The summed E-state index contributed by atoms with van der Waals surface area (Å²) in [7, 11) is 0. The Labute approximate surface area is 208 Å². The third-order valence-electron chi connectivity index (χ3n) is 8.02. The number of nitrogens with zero attached hydrogens (tertiary/aromatic N) is 3. The van der Waals surface area contributed by atoms with Gasteiger partial charge in [0, 0.05) is 43.3 Å². The first kappa shape index (κ1) is 23.7. The average Bonchev–Trinajstić information content (AvgIpc) is 2.90. The first-order valence-corrected chi connectivity index (χ1v) is 12.9. The third-order valence-corrected chi connectivity index (χ3v) is 8.02. The molecule has 35 heavy (non-hydrogen) atoms. The van der Waals surface area contributed by atoms with E-state index in [9.17, 15) is 9.59 Å². The Morgan fingerprint density at radius 1 is 0.943 bits per heavy atom. The van der Waals surface area contributed by atoms with E-state index >= 15 is 0 Å². The lowest BCUT2D eigenvalue weighted by Gasteiger charge is -2.50. The Morgan fingerprint density at radius 2 is 1.63 bits per heavy atom. The summed E-state index contributed by atoms with van der Waals surface area (Å²) in [6, 6.07) is 18.8. The van der Waals surface area contributed by atoms with Gasteiger partial charge in [-0.15, -0.1) is 0 Å². The van der Waals surface area contributed by atoms with E-state index in [2.05, 4.69) is 34.5 Å². The van der Waals surface area contributed by atoms with Crippen LogP contribution in [0.5, 0.6) is 0 Å². The van der Waals surface area contributed by atoms with Gasteiger partial charge in [0.1, 0.15) is 0 Å². The van der Waals surface area contributed by atoms with E-state index < -0.39 is 0 Å². The van der Waals surface area contributed by atoms with Gasteiger partial charge in [-0.05, 0) is 69.0 Å². The normalized spacial score (nSPS) is 20.4. The zero-order chi connectivity index (χ0) is 24.3. The molecule has 0 saturated carbocycles. The highest BCUT2D eigenvalue weighted by Gasteiger charge is 2.44. The second-order valence-corrected chi connectivity index (χ2v) is 10.0. The molecule has 0 unspecified atom stereocenters. The van der Waals surface area contributed by atoms with Gasteiger partial charge in [0.2, 0.25) is 0 Å². The van der Waals surface area contributed by atoms with Crippen molar-refractivity contribution in [2.45, 2.75) is 50.6 Å². The standard InChI is InChI=1S/C28H36N4O3/c1-2-35-27(34)31-16-12-24(13-17-31)30-18-14-28(15-19-30)21-32(20-22-8-6-7-11-25(22)28)26(33)29-23-9-4-3-5-10-23/h3-11,24H,2,12-21H2,1H3,(H,29,33). The molecule has 2 aromatic carbocycles. The minimum Gasteiger partial charge on any atom is -0.450 e. The predicted octanol–water partition coefficient (Wildman–Crippen LogP) is 4.69. The number of carbonyl (C=O) groups excluding carboxylic acids is 2. The number of hydrogen-bond donors (Lipinski definition) is 1. The number of benzene rings is 2. The van der Waals surface area contributed by atoms with Gasteiger partial charge in [0.15, 0.2) is 0 Å². The molecule has 3 amide bonds. The third kappa shape index (κ3) is 5.01. The smallest absolute Gasteiger partial charge is 0.409 e. The molecule has 2 aromatic rings. The number of piperidine rings is 2.